The first-order chi connectivity index (χ1) is 5.84. The van der Waals surface area contributed by atoms with E-state index >= 15 is 0 Å². The van der Waals surface area contributed by atoms with Crippen LogP contribution in [0.15, 0.2) is 35.3 Å². The lowest BCUT2D eigenvalue weighted by Crippen LogP contribution is -1.98. The van der Waals surface area contributed by atoms with Crippen molar-refractivity contribution in [2.24, 2.45) is 4.99 Å². The molecule has 0 amide bonds. The molecular formula is C10H13NO. The van der Waals surface area contributed by atoms with E-state index < -0.39 is 6.10 Å². The fraction of sp³-hybridized carbons (Fsp3) is 0.300. The molecule has 0 aliphatic carbocycles. The van der Waals surface area contributed by atoms with Crippen LogP contribution in [0, 0.1) is 0 Å². The van der Waals surface area contributed by atoms with Crippen molar-refractivity contribution in [3.05, 3.63) is 35.9 Å². The maximum Gasteiger partial charge on any atom is 0.0807 e. The highest BCUT2D eigenvalue weighted by molar-refractivity contribution is 5.23. The quantitative estimate of drug-likeness (QED) is 0.674. The van der Waals surface area contributed by atoms with Crippen molar-refractivity contribution in [3.8, 4) is 0 Å². The molecule has 2 nitrogen and oxygen atoms in total. The van der Waals surface area contributed by atoms with Crippen molar-refractivity contribution in [1.29, 1.82) is 0 Å². The van der Waals surface area contributed by atoms with Gasteiger partial charge >= 0.3 is 0 Å². The van der Waals surface area contributed by atoms with E-state index in [-0.39, 0.29) is 0 Å². The molecule has 0 spiro atoms. The fourth-order valence-corrected chi connectivity index (χ4v) is 1.06. The van der Waals surface area contributed by atoms with Gasteiger partial charge in [-0.1, -0.05) is 30.3 Å². The maximum absolute atomic E-state index is 9.56. The van der Waals surface area contributed by atoms with Crippen molar-refractivity contribution in [3.63, 3.8) is 0 Å². The molecule has 0 fully saturated rings. The summed E-state index contributed by atoms with van der Waals surface area (Å²) in [6, 6.07) is 9.59. The Labute approximate surface area is 72.6 Å². The third kappa shape index (κ3) is 2.47. The number of aliphatic imine (C=N–C) groups is 1. The molecule has 0 aromatic heterocycles. The van der Waals surface area contributed by atoms with E-state index in [2.05, 4.69) is 11.7 Å². The van der Waals surface area contributed by atoms with Gasteiger partial charge in [0.15, 0.2) is 0 Å². The minimum Gasteiger partial charge on any atom is -0.388 e. The first kappa shape index (κ1) is 8.94. The van der Waals surface area contributed by atoms with Crippen molar-refractivity contribution < 1.29 is 5.11 Å². The summed E-state index contributed by atoms with van der Waals surface area (Å²) >= 11 is 0. The summed E-state index contributed by atoms with van der Waals surface area (Å²) in [6.07, 6.45) is 0.241. The average molecular weight is 163 g/mol. The molecule has 0 saturated carbocycles. The first-order valence-corrected chi connectivity index (χ1v) is 4.00. The lowest BCUT2D eigenvalue weighted by molar-refractivity contribution is 0.170. The van der Waals surface area contributed by atoms with E-state index in [9.17, 15) is 5.11 Å². The summed E-state index contributed by atoms with van der Waals surface area (Å²) < 4.78 is 0. The Balaban J connectivity index is 2.53. The Morgan fingerprint density at radius 3 is 2.58 bits per heavy atom. The van der Waals surface area contributed by atoms with Gasteiger partial charge in [-0.3, -0.25) is 0 Å². The molecule has 64 valence electrons. The Morgan fingerprint density at radius 1 is 1.33 bits per heavy atom. The highest BCUT2D eigenvalue weighted by atomic mass is 16.3. The Kier molecular flexibility index (Phi) is 3.48. The van der Waals surface area contributed by atoms with Gasteiger partial charge in [0.1, 0.15) is 0 Å². The first-order valence-electron chi connectivity index (χ1n) is 4.00. The summed E-state index contributed by atoms with van der Waals surface area (Å²) in [5.41, 5.74) is 0.946. The monoisotopic (exact) mass is 163 g/mol. The number of nitrogens with zero attached hydrogens (tertiary/aromatic N) is 1. The van der Waals surface area contributed by atoms with Gasteiger partial charge in [0.05, 0.1) is 6.10 Å². The molecule has 0 aliphatic rings. The molecule has 0 heterocycles. The van der Waals surface area contributed by atoms with E-state index in [1.807, 2.05) is 30.3 Å². The normalized spacial score (nSPS) is 12.4. The summed E-state index contributed by atoms with van der Waals surface area (Å²) in [4.78, 5) is 3.69. The number of hydrogen-bond acceptors (Lipinski definition) is 2. The van der Waals surface area contributed by atoms with Crippen LogP contribution >= 0.6 is 0 Å². The fourth-order valence-electron chi connectivity index (χ4n) is 1.06. The molecule has 2 heteroatoms. The van der Waals surface area contributed by atoms with E-state index in [0.717, 1.165) is 5.56 Å². The lowest BCUT2D eigenvalue weighted by Gasteiger charge is -2.07. The summed E-state index contributed by atoms with van der Waals surface area (Å²) in [5, 5.41) is 9.56. The van der Waals surface area contributed by atoms with Gasteiger partial charge in [-0.15, -0.1) is 0 Å². The molecule has 0 radical (unpaired) electrons. The smallest absolute Gasteiger partial charge is 0.0807 e. The van der Waals surface area contributed by atoms with Gasteiger partial charge in [0, 0.05) is 6.54 Å². The van der Waals surface area contributed by atoms with Crippen molar-refractivity contribution in [2.45, 2.75) is 12.5 Å². The minimum atomic E-state index is -0.406. The lowest BCUT2D eigenvalue weighted by atomic mass is 10.1. The van der Waals surface area contributed by atoms with Crippen LogP contribution in [0.25, 0.3) is 0 Å². The largest absolute Gasteiger partial charge is 0.388 e. The number of aliphatic hydroxyl groups is 1. The predicted molar refractivity (Wildman–Crippen MR) is 50.4 cm³/mol. The Hall–Kier alpha value is -1.15. The summed E-state index contributed by atoms with van der Waals surface area (Å²) in [5.74, 6) is 0. The van der Waals surface area contributed by atoms with Crippen molar-refractivity contribution in [2.75, 3.05) is 6.54 Å². The Bertz CT molecular complexity index is 233. The van der Waals surface area contributed by atoms with Crippen molar-refractivity contribution >= 4 is 6.72 Å². The molecule has 12 heavy (non-hydrogen) atoms. The maximum atomic E-state index is 9.56. The number of aliphatic hydroxyl groups excluding tert-OH is 1. The van der Waals surface area contributed by atoms with E-state index in [4.69, 9.17) is 0 Å². The standard InChI is InChI=1S/C10H13NO/c1-11-8-7-10(12)9-5-3-2-4-6-9/h2-6,10,12H,1,7-8H2. The molecule has 1 atom stereocenters. The second kappa shape index (κ2) is 4.67. The minimum absolute atomic E-state index is 0.406. The zero-order valence-corrected chi connectivity index (χ0v) is 6.98. The van der Waals surface area contributed by atoms with Gasteiger partial charge in [-0.05, 0) is 18.7 Å². The second-order valence-electron chi connectivity index (χ2n) is 2.66. The number of hydrogen-bond donors (Lipinski definition) is 1. The Morgan fingerprint density at radius 2 is 2.00 bits per heavy atom. The molecule has 0 bridgehead atoms. The topological polar surface area (TPSA) is 32.6 Å². The van der Waals surface area contributed by atoms with E-state index in [0.29, 0.717) is 13.0 Å². The van der Waals surface area contributed by atoms with Crippen LogP contribution in [-0.2, 0) is 0 Å². The zero-order chi connectivity index (χ0) is 8.81. The van der Waals surface area contributed by atoms with Crippen LogP contribution in [0.1, 0.15) is 18.1 Å². The van der Waals surface area contributed by atoms with E-state index in [1.165, 1.54) is 0 Å². The molecule has 1 aromatic carbocycles. The van der Waals surface area contributed by atoms with Crippen LogP contribution in [0.3, 0.4) is 0 Å². The molecule has 1 rings (SSSR count). The third-order valence-corrected chi connectivity index (χ3v) is 1.74. The van der Waals surface area contributed by atoms with Gasteiger partial charge in [-0.25, -0.2) is 0 Å². The molecule has 0 saturated heterocycles. The van der Waals surface area contributed by atoms with Gasteiger partial charge < -0.3 is 10.1 Å². The van der Waals surface area contributed by atoms with Crippen LogP contribution in [0.2, 0.25) is 0 Å². The number of rotatable bonds is 4. The van der Waals surface area contributed by atoms with Gasteiger partial charge in [0.25, 0.3) is 0 Å². The summed E-state index contributed by atoms with van der Waals surface area (Å²) in [7, 11) is 0. The van der Waals surface area contributed by atoms with Crippen LogP contribution in [0.4, 0.5) is 0 Å². The highest BCUT2D eigenvalue weighted by Crippen LogP contribution is 2.15. The molecule has 0 aliphatic heterocycles. The molecule has 1 aromatic rings. The SMILES string of the molecule is C=NCCC(O)c1ccccc1. The molecule has 1 unspecified atom stereocenters. The molecular weight excluding hydrogens is 150 g/mol. The predicted octanol–water partition coefficient (Wildman–Crippen LogP) is 1.81. The van der Waals surface area contributed by atoms with E-state index in [1.54, 1.807) is 0 Å². The van der Waals surface area contributed by atoms with Crippen LogP contribution in [-0.4, -0.2) is 18.4 Å². The zero-order valence-electron chi connectivity index (χ0n) is 6.98. The van der Waals surface area contributed by atoms with Crippen LogP contribution < -0.4 is 0 Å². The second-order valence-corrected chi connectivity index (χ2v) is 2.66. The molecule has 1 N–H and O–H groups in total. The van der Waals surface area contributed by atoms with Gasteiger partial charge in [0.2, 0.25) is 0 Å². The van der Waals surface area contributed by atoms with Crippen molar-refractivity contribution in [1.82, 2.24) is 0 Å². The average Bonchev–Trinajstić information content (AvgIpc) is 2.15. The third-order valence-electron chi connectivity index (χ3n) is 1.74. The highest BCUT2D eigenvalue weighted by Gasteiger charge is 2.04. The van der Waals surface area contributed by atoms with Gasteiger partial charge in [-0.2, -0.15) is 0 Å². The number of benzene rings is 1. The van der Waals surface area contributed by atoms with Crippen LogP contribution in [0.5, 0.6) is 0 Å². The summed E-state index contributed by atoms with van der Waals surface area (Å²) in [6.45, 7) is 3.97.